The highest BCUT2D eigenvalue weighted by Crippen LogP contribution is 2.45. The van der Waals surface area contributed by atoms with Crippen LogP contribution >= 0.6 is 0 Å². The van der Waals surface area contributed by atoms with Gasteiger partial charge in [0.05, 0.1) is 6.04 Å². The van der Waals surface area contributed by atoms with Gasteiger partial charge in [-0.1, -0.05) is 54.6 Å². The van der Waals surface area contributed by atoms with Gasteiger partial charge in [0.2, 0.25) is 0 Å². The van der Waals surface area contributed by atoms with Gasteiger partial charge in [0.25, 0.3) is 0 Å². The second-order valence-corrected chi connectivity index (χ2v) is 6.99. The summed E-state index contributed by atoms with van der Waals surface area (Å²) in [7, 11) is -3.65. The summed E-state index contributed by atoms with van der Waals surface area (Å²) >= 11 is 0. The van der Waals surface area contributed by atoms with Crippen molar-refractivity contribution in [3.63, 3.8) is 0 Å². The molecule has 0 saturated carbocycles. The molecule has 5 heteroatoms. The SMILES string of the molecule is O=S1(=O)O[C@@H]2Cc3ccccc3[C@@H]2N1Cc1ccccc1. The Balaban J connectivity index is 1.74. The lowest BCUT2D eigenvalue weighted by Crippen LogP contribution is -2.28. The Morgan fingerprint density at radius 2 is 1.76 bits per heavy atom. The van der Waals surface area contributed by atoms with Crippen molar-refractivity contribution in [1.29, 1.82) is 0 Å². The normalized spacial score (nSPS) is 26.5. The van der Waals surface area contributed by atoms with Crippen molar-refractivity contribution in [2.45, 2.75) is 25.1 Å². The molecule has 2 aliphatic rings. The molecule has 4 nitrogen and oxygen atoms in total. The standard InChI is InChI=1S/C16H15NO3S/c18-21(19)17(11-12-6-2-1-3-7-12)16-14-9-5-4-8-13(14)10-15(16)20-21/h1-9,15-16H,10-11H2/t15-,16+/m1/s1. The van der Waals surface area contributed by atoms with Crippen LogP contribution in [-0.4, -0.2) is 18.8 Å². The lowest BCUT2D eigenvalue weighted by Gasteiger charge is -2.20. The van der Waals surface area contributed by atoms with Gasteiger partial charge in [-0.15, -0.1) is 0 Å². The predicted molar refractivity (Wildman–Crippen MR) is 78.7 cm³/mol. The van der Waals surface area contributed by atoms with Crippen LogP contribution in [0.2, 0.25) is 0 Å². The number of hydrogen-bond acceptors (Lipinski definition) is 3. The third kappa shape index (κ3) is 2.09. The Bertz CT molecular complexity index is 773. The summed E-state index contributed by atoms with van der Waals surface area (Å²) in [6.45, 7) is 0.346. The van der Waals surface area contributed by atoms with Crippen molar-refractivity contribution in [3.05, 3.63) is 71.3 Å². The topological polar surface area (TPSA) is 46.6 Å². The second-order valence-electron chi connectivity index (χ2n) is 5.47. The second kappa shape index (κ2) is 4.66. The first kappa shape index (κ1) is 13.0. The van der Waals surface area contributed by atoms with Gasteiger partial charge in [-0.25, -0.2) is 0 Å². The Morgan fingerprint density at radius 3 is 2.57 bits per heavy atom. The maximum absolute atomic E-state index is 12.3. The van der Waals surface area contributed by atoms with Crippen molar-refractivity contribution in [3.8, 4) is 0 Å². The van der Waals surface area contributed by atoms with E-state index in [9.17, 15) is 8.42 Å². The third-order valence-corrected chi connectivity index (χ3v) is 5.59. The van der Waals surface area contributed by atoms with E-state index >= 15 is 0 Å². The van der Waals surface area contributed by atoms with Crippen molar-refractivity contribution < 1.29 is 12.6 Å². The summed E-state index contributed by atoms with van der Waals surface area (Å²) in [5.41, 5.74) is 3.22. The molecular formula is C16H15NO3S. The van der Waals surface area contributed by atoms with Crippen molar-refractivity contribution in [2.75, 3.05) is 0 Å². The molecule has 0 N–H and O–H groups in total. The van der Waals surface area contributed by atoms with Crippen molar-refractivity contribution >= 4 is 10.3 Å². The van der Waals surface area contributed by atoms with E-state index < -0.39 is 10.3 Å². The molecule has 0 unspecified atom stereocenters. The highest BCUT2D eigenvalue weighted by molar-refractivity contribution is 7.84. The van der Waals surface area contributed by atoms with Crippen LogP contribution in [0.4, 0.5) is 0 Å². The maximum atomic E-state index is 12.3. The van der Waals surface area contributed by atoms with Crippen molar-refractivity contribution in [1.82, 2.24) is 4.31 Å². The summed E-state index contributed by atoms with van der Waals surface area (Å²) in [4.78, 5) is 0. The van der Waals surface area contributed by atoms with Gasteiger partial charge in [-0.05, 0) is 16.7 Å². The molecule has 108 valence electrons. The van der Waals surface area contributed by atoms with Gasteiger partial charge in [0.1, 0.15) is 6.10 Å². The summed E-state index contributed by atoms with van der Waals surface area (Å²) in [5.74, 6) is 0. The van der Waals surface area contributed by atoms with Gasteiger partial charge in [-0.3, -0.25) is 4.18 Å². The maximum Gasteiger partial charge on any atom is 0.339 e. The Kier molecular flexibility index (Phi) is 2.89. The van der Waals surface area contributed by atoms with E-state index in [1.807, 2.05) is 54.6 Å². The molecule has 0 spiro atoms. The highest BCUT2D eigenvalue weighted by Gasteiger charge is 2.50. The molecule has 1 fully saturated rings. The summed E-state index contributed by atoms with van der Waals surface area (Å²) < 4.78 is 31.4. The van der Waals surface area contributed by atoms with Gasteiger partial charge in [-0.2, -0.15) is 12.7 Å². The van der Waals surface area contributed by atoms with E-state index in [1.165, 1.54) is 9.87 Å². The Morgan fingerprint density at radius 1 is 1.05 bits per heavy atom. The summed E-state index contributed by atoms with van der Waals surface area (Å²) in [6.07, 6.45) is 0.363. The molecule has 1 saturated heterocycles. The van der Waals surface area contributed by atoms with Crippen LogP contribution in [-0.2, 0) is 27.5 Å². The van der Waals surface area contributed by atoms with Crippen LogP contribution in [0.15, 0.2) is 54.6 Å². The molecule has 2 atom stereocenters. The third-order valence-electron chi connectivity index (χ3n) is 4.17. The van der Waals surface area contributed by atoms with Gasteiger partial charge >= 0.3 is 10.3 Å². The zero-order chi connectivity index (χ0) is 14.4. The molecule has 4 rings (SSSR count). The van der Waals surface area contributed by atoms with Crippen LogP contribution in [0.5, 0.6) is 0 Å². The predicted octanol–water partition coefficient (Wildman–Crippen LogP) is 2.43. The summed E-state index contributed by atoms with van der Waals surface area (Å²) in [5, 5.41) is 0. The monoisotopic (exact) mass is 301 g/mol. The van der Waals surface area contributed by atoms with Crippen LogP contribution in [0.25, 0.3) is 0 Å². The molecule has 2 aromatic carbocycles. The average molecular weight is 301 g/mol. The van der Waals surface area contributed by atoms with Crippen LogP contribution in [0.1, 0.15) is 22.7 Å². The average Bonchev–Trinajstić information content (AvgIpc) is 2.93. The van der Waals surface area contributed by atoms with Crippen molar-refractivity contribution in [2.24, 2.45) is 0 Å². The first-order valence-electron chi connectivity index (χ1n) is 6.97. The number of benzene rings is 2. The number of hydrogen-bond donors (Lipinski definition) is 0. The van der Waals surface area contributed by atoms with Gasteiger partial charge < -0.3 is 0 Å². The van der Waals surface area contributed by atoms with Crippen LogP contribution in [0.3, 0.4) is 0 Å². The largest absolute Gasteiger partial charge is 0.339 e. The van der Waals surface area contributed by atoms with Crippen LogP contribution < -0.4 is 0 Å². The van der Waals surface area contributed by atoms with E-state index in [0.717, 1.165) is 11.1 Å². The quantitative estimate of drug-likeness (QED) is 0.856. The molecule has 0 radical (unpaired) electrons. The van der Waals surface area contributed by atoms with E-state index in [1.54, 1.807) is 0 Å². The highest BCUT2D eigenvalue weighted by atomic mass is 32.2. The molecular weight excluding hydrogens is 286 g/mol. The fourth-order valence-corrected chi connectivity index (χ4v) is 4.69. The van der Waals surface area contributed by atoms with Gasteiger partial charge in [0.15, 0.2) is 0 Å². The lowest BCUT2D eigenvalue weighted by molar-refractivity contribution is 0.210. The molecule has 21 heavy (non-hydrogen) atoms. The zero-order valence-corrected chi connectivity index (χ0v) is 12.2. The molecule has 0 bridgehead atoms. The van der Waals surface area contributed by atoms with E-state index in [-0.39, 0.29) is 12.1 Å². The first-order chi connectivity index (χ1) is 10.1. The lowest BCUT2D eigenvalue weighted by atomic mass is 10.1. The number of fused-ring (bicyclic) bond motifs is 3. The Hall–Kier alpha value is -1.69. The smallest absolute Gasteiger partial charge is 0.252 e. The minimum absolute atomic E-state index is 0.202. The van der Waals surface area contributed by atoms with E-state index in [2.05, 4.69) is 0 Å². The van der Waals surface area contributed by atoms with Crippen LogP contribution in [0, 0.1) is 0 Å². The molecule has 1 heterocycles. The summed E-state index contributed by atoms with van der Waals surface area (Å²) in [6, 6.07) is 17.4. The first-order valence-corrected chi connectivity index (χ1v) is 8.33. The minimum atomic E-state index is -3.65. The zero-order valence-electron chi connectivity index (χ0n) is 11.3. The molecule has 0 aromatic heterocycles. The minimum Gasteiger partial charge on any atom is -0.252 e. The number of rotatable bonds is 2. The van der Waals surface area contributed by atoms with E-state index in [4.69, 9.17) is 4.18 Å². The van der Waals surface area contributed by atoms with E-state index in [0.29, 0.717) is 13.0 Å². The molecule has 1 aliphatic heterocycles. The van der Waals surface area contributed by atoms with Gasteiger partial charge in [0, 0.05) is 13.0 Å². The fourth-order valence-electron chi connectivity index (χ4n) is 3.26. The molecule has 1 aliphatic carbocycles. The Labute approximate surface area is 124 Å². The molecule has 2 aromatic rings. The molecule has 0 amide bonds. The number of nitrogens with zero attached hydrogens (tertiary/aromatic N) is 1. The fraction of sp³-hybridized carbons (Fsp3) is 0.250.